The lowest BCUT2D eigenvalue weighted by molar-refractivity contribution is -0.142. The van der Waals surface area contributed by atoms with Crippen LogP contribution in [0.15, 0.2) is 0 Å². The van der Waals surface area contributed by atoms with Crippen LogP contribution in [0.2, 0.25) is 0 Å². The Bertz CT molecular complexity index is 212. The minimum Gasteiger partial charge on any atom is -0.465 e. The third-order valence-electron chi connectivity index (χ3n) is 3.78. The van der Waals surface area contributed by atoms with E-state index in [-0.39, 0.29) is 5.97 Å². The molecule has 60 valence electrons. The first-order valence-corrected chi connectivity index (χ1v) is 4.53. The van der Waals surface area contributed by atoms with Gasteiger partial charge in [0.2, 0.25) is 0 Å². The molecule has 0 aromatic carbocycles. The van der Waals surface area contributed by atoms with Crippen molar-refractivity contribution in [2.75, 3.05) is 6.61 Å². The van der Waals surface area contributed by atoms with Gasteiger partial charge in [-0.2, -0.15) is 0 Å². The topological polar surface area (TPSA) is 26.3 Å². The molecular formula is C9H12O2. The molecular weight excluding hydrogens is 140 g/mol. The molecule has 2 bridgehead atoms. The fourth-order valence-electron chi connectivity index (χ4n) is 3.29. The number of ether oxygens (including phenoxy) is 1. The largest absolute Gasteiger partial charge is 0.465 e. The van der Waals surface area contributed by atoms with Gasteiger partial charge < -0.3 is 4.74 Å². The number of carbonyl (C=O) groups is 1. The molecule has 1 heterocycles. The number of rotatable bonds is 0. The first kappa shape index (κ1) is 6.04. The maximum Gasteiger partial charge on any atom is 0.309 e. The predicted molar refractivity (Wildman–Crippen MR) is 38.8 cm³/mol. The molecule has 0 aromatic heterocycles. The minimum absolute atomic E-state index is 0.0993. The summed E-state index contributed by atoms with van der Waals surface area (Å²) in [4.78, 5) is 11.2. The third-order valence-corrected chi connectivity index (χ3v) is 3.78. The van der Waals surface area contributed by atoms with Crippen LogP contribution in [0.25, 0.3) is 0 Å². The highest BCUT2D eigenvalue weighted by Gasteiger charge is 2.54. The van der Waals surface area contributed by atoms with Gasteiger partial charge in [0, 0.05) is 5.92 Å². The van der Waals surface area contributed by atoms with Crippen molar-refractivity contribution in [3.05, 3.63) is 0 Å². The lowest BCUT2D eigenvalue weighted by Crippen LogP contribution is -2.22. The molecule has 1 saturated heterocycles. The Morgan fingerprint density at radius 1 is 1.27 bits per heavy atom. The number of hydrogen-bond donors (Lipinski definition) is 0. The number of fused-ring (bicyclic) bond motifs is 5. The summed E-state index contributed by atoms with van der Waals surface area (Å²) in [6.07, 6.45) is 3.94. The van der Waals surface area contributed by atoms with E-state index in [0.29, 0.717) is 17.8 Å². The molecule has 0 N–H and O–H groups in total. The van der Waals surface area contributed by atoms with Gasteiger partial charge in [0.25, 0.3) is 0 Å². The second-order valence-electron chi connectivity index (χ2n) is 4.15. The van der Waals surface area contributed by atoms with Crippen molar-refractivity contribution < 1.29 is 9.53 Å². The lowest BCUT2D eigenvalue weighted by atomic mass is 9.81. The maximum absolute atomic E-state index is 11.2. The first-order valence-electron chi connectivity index (χ1n) is 4.53. The average molecular weight is 152 g/mol. The van der Waals surface area contributed by atoms with E-state index in [1.807, 2.05) is 0 Å². The van der Waals surface area contributed by atoms with E-state index in [1.54, 1.807) is 0 Å². The van der Waals surface area contributed by atoms with E-state index >= 15 is 0 Å². The average Bonchev–Trinajstić information content (AvgIpc) is 2.60. The zero-order chi connectivity index (χ0) is 7.42. The number of carbonyl (C=O) groups excluding carboxylic acids is 1. The Hall–Kier alpha value is -0.530. The summed E-state index contributed by atoms with van der Waals surface area (Å²) in [5, 5.41) is 0. The van der Waals surface area contributed by atoms with Crippen LogP contribution < -0.4 is 0 Å². The van der Waals surface area contributed by atoms with Crippen LogP contribution in [0.4, 0.5) is 0 Å². The van der Waals surface area contributed by atoms with Gasteiger partial charge in [-0.15, -0.1) is 0 Å². The minimum atomic E-state index is 0.0993. The molecule has 2 saturated carbocycles. The zero-order valence-corrected chi connectivity index (χ0v) is 6.45. The van der Waals surface area contributed by atoms with E-state index in [9.17, 15) is 4.79 Å². The summed E-state index contributed by atoms with van der Waals surface area (Å²) >= 11 is 0. The molecule has 4 atom stereocenters. The maximum atomic E-state index is 11.2. The molecule has 1 aliphatic heterocycles. The van der Waals surface area contributed by atoms with Gasteiger partial charge in [-0.3, -0.25) is 4.79 Å². The summed E-state index contributed by atoms with van der Waals surface area (Å²) in [6.45, 7) is 0.727. The smallest absolute Gasteiger partial charge is 0.309 e. The van der Waals surface area contributed by atoms with Crippen LogP contribution in [-0.4, -0.2) is 12.6 Å². The van der Waals surface area contributed by atoms with E-state index in [1.165, 1.54) is 19.3 Å². The molecule has 11 heavy (non-hydrogen) atoms. The van der Waals surface area contributed by atoms with Gasteiger partial charge in [0.1, 0.15) is 0 Å². The number of cyclic esters (lactones) is 1. The van der Waals surface area contributed by atoms with Crippen LogP contribution in [0.1, 0.15) is 19.3 Å². The van der Waals surface area contributed by atoms with Crippen molar-refractivity contribution >= 4 is 5.97 Å². The molecule has 3 fully saturated rings. The van der Waals surface area contributed by atoms with Crippen molar-refractivity contribution in [2.45, 2.75) is 19.3 Å². The van der Waals surface area contributed by atoms with E-state index in [4.69, 9.17) is 4.74 Å². The molecule has 0 amide bonds. The second-order valence-corrected chi connectivity index (χ2v) is 4.15. The van der Waals surface area contributed by atoms with E-state index in [0.717, 1.165) is 12.5 Å². The van der Waals surface area contributed by atoms with E-state index < -0.39 is 0 Å². The molecule has 3 unspecified atom stereocenters. The van der Waals surface area contributed by atoms with Crippen molar-refractivity contribution in [1.82, 2.24) is 0 Å². The highest BCUT2D eigenvalue weighted by molar-refractivity contribution is 5.75. The Balaban J connectivity index is 1.97. The van der Waals surface area contributed by atoms with Gasteiger partial charge in [-0.1, -0.05) is 0 Å². The summed E-state index contributed by atoms with van der Waals surface area (Å²) in [5.74, 6) is 2.55. The van der Waals surface area contributed by atoms with Gasteiger partial charge in [-0.25, -0.2) is 0 Å². The summed E-state index contributed by atoms with van der Waals surface area (Å²) < 4.78 is 5.06. The molecule has 2 heteroatoms. The Kier molecular flexibility index (Phi) is 0.984. The predicted octanol–water partition coefficient (Wildman–Crippen LogP) is 1.21. The highest BCUT2D eigenvalue weighted by atomic mass is 16.5. The van der Waals surface area contributed by atoms with Gasteiger partial charge in [0.15, 0.2) is 0 Å². The zero-order valence-electron chi connectivity index (χ0n) is 6.45. The Morgan fingerprint density at radius 3 is 2.91 bits per heavy atom. The quantitative estimate of drug-likeness (QED) is 0.487. The van der Waals surface area contributed by atoms with Gasteiger partial charge in [0.05, 0.1) is 12.5 Å². The van der Waals surface area contributed by atoms with E-state index in [2.05, 4.69) is 0 Å². The second kappa shape index (κ2) is 1.79. The first-order chi connectivity index (χ1) is 5.36. The summed E-state index contributed by atoms with van der Waals surface area (Å²) in [5.41, 5.74) is 0. The van der Waals surface area contributed by atoms with Crippen LogP contribution in [0.5, 0.6) is 0 Å². The monoisotopic (exact) mass is 152 g/mol. The van der Waals surface area contributed by atoms with Crippen LogP contribution in [0.3, 0.4) is 0 Å². The standard InChI is InChI=1S/C9H12O2/c10-9-8-6-2-1-5(3-6)7(8)4-11-9/h5-8H,1-4H2/t5-,6?,7?,8?/m0/s1. The SMILES string of the molecule is O=C1OCC2C1C1CC[C@H]2C1. The fourth-order valence-corrected chi connectivity index (χ4v) is 3.29. The van der Waals surface area contributed by atoms with Crippen molar-refractivity contribution in [1.29, 1.82) is 0 Å². The fraction of sp³-hybridized carbons (Fsp3) is 0.889. The van der Waals surface area contributed by atoms with Crippen molar-refractivity contribution in [2.24, 2.45) is 23.7 Å². The van der Waals surface area contributed by atoms with Crippen LogP contribution >= 0.6 is 0 Å². The summed E-state index contributed by atoms with van der Waals surface area (Å²) in [6, 6.07) is 0. The highest BCUT2D eigenvalue weighted by Crippen LogP contribution is 2.54. The van der Waals surface area contributed by atoms with Crippen molar-refractivity contribution in [3.8, 4) is 0 Å². The molecule has 0 radical (unpaired) electrons. The molecule has 0 aromatic rings. The molecule has 0 spiro atoms. The lowest BCUT2D eigenvalue weighted by Gasteiger charge is -2.19. The van der Waals surface area contributed by atoms with Crippen molar-refractivity contribution in [3.63, 3.8) is 0 Å². The third kappa shape index (κ3) is 0.608. The molecule has 3 rings (SSSR count). The number of hydrogen-bond acceptors (Lipinski definition) is 2. The van der Waals surface area contributed by atoms with Gasteiger partial charge >= 0.3 is 5.97 Å². The van der Waals surface area contributed by atoms with Gasteiger partial charge in [-0.05, 0) is 31.1 Å². The number of esters is 1. The van der Waals surface area contributed by atoms with Crippen LogP contribution in [0, 0.1) is 23.7 Å². The van der Waals surface area contributed by atoms with Crippen LogP contribution in [-0.2, 0) is 9.53 Å². The molecule has 2 aliphatic carbocycles. The normalized spacial score (nSPS) is 52.9. The Morgan fingerprint density at radius 2 is 2.09 bits per heavy atom. The molecule has 2 nitrogen and oxygen atoms in total. The molecule has 3 aliphatic rings. The summed E-state index contributed by atoms with van der Waals surface area (Å²) in [7, 11) is 0. The Labute approximate surface area is 65.9 Å².